The number of carbonyl (C=O) groups is 2. The van der Waals surface area contributed by atoms with Crippen molar-refractivity contribution in [2.75, 3.05) is 26.2 Å². The van der Waals surface area contributed by atoms with E-state index in [1.807, 2.05) is 38.1 Å². The molecule has 1 atom stereocenters. The molecule has 1 unspecified atom stereocenters. The number of allylic oxidation sites excluding steroid dienone is 2. The molecule has 2 aromatic rings. The summed E-state index contributed by atoms with van der Waals surface area (Å²) in [5.74, 6) is 1.28. The molecule has 0 spiro atoms. The van der Waals surface area contributed by atoms with Gasteiger partial charge in [0, 0.05) is 41.7 Å². The number of nitrogens with zero attached hydrogens (tertiary/aromatic N) is 1. The Labute approximate surface area is 201 Å². The molecule has 6 nitrogen and oxygen atoms in total. The lowest BCUT2D eigenvalue weighted by Gasteiger charge is -2.43. The standard InChI is InChI=1S/C28H33NO5/c1-16-9-8-10-20(17(16)2)29-21-14-28(3,4)15-22(30)27(21)19(12-26(29)31)18-11-24(33-6)25(34-7)13-23(18)32-5/h8-11,13,19H,12,14-15H2,1-7H3. The van der Waals surface area contributed by atoms with Crippen molar-refractivity contribution in [3.63, 3.8) is 0 Å². The van der Waals surface area contributed by atoms with Crippen molar-refractivity contribution in [1.29, 1.82) is 0 Å². The Morgan fingerprint density at radius 2 is 1.56 bits per heavy atom. The Morgan fingerprint density at radius 1 is 0.912 bits per heavy atom. The van der Waals surface area contributed by atoms with Crippen molar-refractivity contribution >= 4 is 17.4 Å². The summed E-state index contributed by atoms with van der Waals surface area (Å²) >= 11 is 0. The molecule has 34 heavy (non-hydrogen) atoms. The number of Topliss-reactive ketones (excluding diaryl/α,β-unsaturated/α-hetero) is 1. The number of rotatable bonds is 5. The van der Waals surface area contributed by atoms with E-state index in [4.69, 9.17) is 14.2 Å². The predicted octanol–water partition coefficient (Wildman–Crippen LogP) is 5.49. The minimum absolute atomic E-state index is 0.0280. The summed E-state index contributed by atoms with van der Waals surface area (Å²) in [6.45, 7) is 8.23. The maximum atomic E-state index is 13.8. The zero-order valence-corrected chi connectivity index (χ0v) is 21.1. The van der Waals surface area contributed by atoms with E-state index in [9.17, 15) is 9.59 Å². The largest absolute Gasteiger partial charge is 0.496 e. The van der Waals surface area contributed by atoms with E-state index in [0.717, 1.165) is 28.1 Å². The van der Waals surface area contributed by atoms with E-state index < -0.39 is 5.92 Å². The minimum Gasteiger partial charge on any atom is -0.496 e. The van der Waals surface area contributed by atoms with Gasteiger partial charge in [-0.2, -0.15) is 0 Å². The number of ether oxygens (including phenoxy) is 3. The molecule has 0 saturated carbocycles. The summed E-state index contributed by atoms with van der Waals surface area (Å²) in [5, 5.41) is 0. The van der Waals surface area contributed by atoms with Gasteiger partial charge >= 0.3 is 0 Å². The van der Waals surface area contributed by atoms with Gasteiger partial charge in [-0.05, 0) is 48.9 Å². The van der Waals surface area contributed by atoms with E-state index in [-0.39, 0.29) is 23.5 Å². The number of anilines is 1. The summed E-state index contributed by atoms with van der Waals surface area (Å²) in [4.78, 5) is 29.2. The van der Waals surface area contributed by atoms with Gasteiger partial charge < -0.3 is 14.2 Å². The highest BCUT2D eigenvalue weighted by Crippen LogP contribution is 2.51. The fourth-order valence-corrected chi connectivity index (χ4v) is 5.26. The maximum absolute atomic E-state index is 13.8. The molecule has 1 heterocycles. The first-order valence-electron chi connectivity index (χ1n) is 11.6. The lowest BCUT2D eigenvalue weighted by atomic mass is 9.69. The van der Waals surface area contributed by atoms with Gasteiger partial charge in [-0.15, -0.1) is 0 Å². The first-order valence-corrected chi connectivity index (χ1v) is 11.6. The second-order valence-corrected chi connectivity index (χ2v) is 9.96. The number of carbonyl (C=O) groups excluding carboxylic acids is 2. The zero-order valence-electron chi connectivity index (χ0n) is 21.1. The Morgan fingerprint density at radius 3 is 2.21 bits per heavy atom. The van der Waals surface area contributed by atoms with Crippen LogP contribution in [0.25, 0.3) is 0 Å². The quantitative estimate of drug-likeness (QED) is 0.586. The highest BCUT2D eigenvalue weighted by atomic mass is 16.5. The van der Waals surface area contributed by atoms with Crippen LogP contribution in [0.3, 0.4) is 0 Å². The van der Waals surface area contributed by atoms with Crippen LogP contribution >= 0.6 is 0 Å². The molecule has 0 bridgehead atoms. The minimum atomic E-state index is -0.415. The summed E-state index contributed by atoms with van der Waals surface area (Å²) in [6.07, 6.45) is 1.25. The number of aryl methyl sites for hydroxylation is 1. The molecular formula is C28H33NO5. The molecule has 4 rings (SSSR count). The molecule has 1 amide bonds. The van der Waals surface area contributed by atoms with Crippen molar-refractivity contribution in [3.8, 4) is 17.2 Å². The molecule has 2 aromatic carbocycles. The van der Waals surface area contributed by atoms with Gasteiger partial charge in [0.1, 0.15) is 5.75 Å². The van der Waals surface area contributed by atoms with Gasteiger partial charge in [0.25, 0.3) is 0 Å². The first-order chi connectivity index (χ1) is 16.1. The van der Waals surface area contributed by atoms with Gasteiger partial charge in [-0.1, -0.05) is 26.0 Å². The van der Waals surface area contributed by atoms with Crippen LogP contribution in [0.2, 0.25) is 0 Å². The van der Waals surface area contributed by atoms with E-state index in [1.54, 1.807) is 32.3 Å². The van der Waals surface area contributed by atoms with Crippen LogP contribution in [0, 0.1) is 19.3 Å². The van der Waals surface area contributed by atoms with Gasteiger partial charge in [0.2, 0.25) is 5.91 Å². The monoisotopic (exact) mass is 463 g/mol. The van der Waals surface area contributed by atoms with Crippen molar-refractivity contribution < 1.29 is 23.8 Å². The highest BCUT2D eigenvalue weighted by Gasteiger charge is 2.45. The Bertz CT molecular complexity index is 1190. The second kappa shape index (κ2) is 8.82. The van der Waals surface area contributed by atoms with Crippen LogP contribution in [0.15, 0.2) is 41.6 Å². The van der Waals surface area contributed by atoms with E-state index in [2.05, 4.69) is 13.8 Å². The normalized spacial score (nSPS) is 19.7. The Kier molecular flexibility index (Phi) is 6.19. The Hall–Kier alpha value is -3.28. The molecular weight excluding hydrogens is 430 g/mol. The topological polar surface area (TPSA) is 65.1 Å². The van der Waals surface area contributed by atoms with Crippen molar-refractivity contribution in [2.24, 2.45) is 5.41 Å². The van der Waals surface area contributed by atoms with Crippen LogP contribution in [-0.4, -0.2) is 33.0 Å². The first kappa shape index (κ1) is 23.9. The number of benzene rings is 2. The molecule has 0 aromatic heterocycles. The lowest BCUT2D eigenvalue weighted by Crippen LogP contribution is -2.44. The molecule has 0 saturated heterocycles. The number of amides is 1. The van der Waals surface area contributed by atoms with Crippen molar-refractivity contribution in [1.82, 2.24) is 0 Å². The SMILES string of the molecule is COc1cc(OC)c(C2CC(=O)N(c3cccc(C)c3C)C3=C2C(=O)CC(C)(C)C3)cc1OC. The molecule has 1 aliphatic heterocycles. The molecule has 1 aliphatic carbocycles. The fraction of sp³-hybridized carbons (Fsp3) is 0.429. The molecule has 0 radical (unpaired) electrons. The molecule has 180 valence electrons. The predicted molar refractivity (Wildman–Crippen MR) is 132 cm³/mol. The maximum Gasteiger partial charge on any atom is 0.232 e. The van der Waals surface area contributed by atoms with Crippen molar-refractivity contribution in [2.45, 2.75) is 52.9 Å². The fourth-order valence-electron chi connectivity index (χ4n) is 5.26. The Balaban J connectivity index is 1.97. The summed E-state index contributed by atoms with van der Waals surface area (Å²) in [6, 6.07) is 9.56. The lowest BCUT2D eigenvalue weighted by molar-refractivity contribution is -0.121. The van der Waals surface area contributed by atoms with Gasteiger partial charge in [0.05, 0.1) is 27.0 Å². The molecule has 0 N–H and O–H groups in total. The highest BCUT2D eigenvalue weighted by molar-refractivity contribution is 6.08. The van der Waals surface area contributed by atoms with E-state index in [1.165, 1.54) is 0 Å². The average molecular weight is 464 g/mol. The third-order valence-corrected chi connectivity index (χ3v) is 7.07. The smallest absolute Gasteiger partial charge is 0.232 e. The average Bonchev–Trinajstić information content (AvgIpc) is 2.79. The number of hydrogen-bond donors (Lipinski definition) is 0. The third kappa shape index (κ3) is 3.95. The zero-order chi connectivity index (χ0) is 24.8. The molecule has 2 aliphatic rings. The van der Waals surface area contributed by atoms with Crippen LogP contribution < -0.4 is 19.1 Å². The van der Waals surface area contributed by atoms with Crippen LogP contribution in [0.4, 0.5) is 5.69 Å². The molecule has 6 heteroatoms. The number of hydrogen-bond acceptors (Lipinski definition) is 5. The van der Waals surface area contributed by atoms with E-state index in [0.29, 0.717) is 35.7 Å². The third-order valence-electron chi connectivity index (χ3n) is 7.07. The van der Waals surface area contributed by atoms with Crippen LogP contribution in [0.5, 0.6) is 17.2 Å². The summed E-state index contributed by atoms with van der Waals surface area (Å²) in [5.41, 5.74) is 5.02. The van der Waals surface area contributed by atoms with Crippen LogP contribution in [-0.2, 0) is 9.59 Å². The summed E-state index contributed by atoms with van der Waals surface area (Å²) in [7, 11) is 4.72. The van der Waals surface area contributed by atoms with Gasteiger partial charge in [0.15, 0.2) is 17.3 Å². The van der Waals surface area contributed by atoms with Gasteiger partial charge in [-0.3, -0.25) is 14.5 Å². The number of ketones is 1. The second-order valence-electron chi connectivity index (χ2n) is 9.96. The van der Waals surface area contributed by atoms with E-state index >= 15 is 0 Å². The molecule has 0 fully saturated rings. The number of methoxy groups -OCH3 is 3. The summed E-state index contributed by atoms with van der Waals surface area (Å²) < 4.78 is 16.7. The van der Waals surface area contributed by atoms with Crippen LogP contribution in [0.1, 0.15) is 55.7 Å². The van der Waals surface area contributed by atoms with Gasteiger partial charge in [-0.25, -0.2) is 0 Å². The van der Waals surface area contributed by atoms with Crippen molar-refractivity contribution in [3.05, 3.63) is 58.3 Å².